The second kappa shape index (κ2) is 7.88. The van der Waals surface area contributed by atoms with Crippen LogP contribution in [0.25, 0.3) is 10.2 Å². The molecule has 1 amide bonds. The lowest BCUT2D eigenvalue weighted by atomic mass is 10.1. The van der Waals surface area contributed by atoms with Crippen LogP contribution in [0.5, 0.6) is 11.5 Å². The number of fused-ring (bicyclic) bond motifs is 1. The predicted molar refractivity (Wildman–Crippen MR) is 115 cm³/mol. The Morgan fingerprint density at radius 1 is 1.24 bits per heavy atom. The number of nitrogens with zero attached hydrogens (tertiary/aromatic N) is 3. The van der Waals surface area contributed by atoms with Crippen LogP contribution < -0.4 is 15.2 Å². The van der Waals surface area contributed by atoms with Crippen molar-refractivity contribution in [1.29, 1.82) is 0 Å². The Kier molecular flexibility index (Phi) is 5.29. The molecule has 0 atom stereocenters. The van der Waals surface area contributed by atoms with Gasteiger partial charge in [0.25, 0.3) is 0 Å². The number of anilines is 1. The lowest BCUT2D eigenvalue weighted by molar-refractivity contribution is -0.130. The van der Waals surface area contributed by atoms with Crippen molar-refractivity contribution in [2.24, 2.45) is 5.10 Å². The number of aromatic nitrogens is 1. The van der Waals surface area contributed by atoms with Crippen molar-refractivity contribution in [2.45, 2.75) is 12.8 Å². The van der Waals surface area contributed by atoms with Crippen LogP contribution in [0.1, 0.15) is 17.5 Å². The van der Waals surface area contributed by atoms with Gasteiger partial charge in [-0.05, 0) is 29.3 Å². The fourth-order valence-electron chi connectivity index (χ4n) is 3.25. The van der Waals surface area contributed by atoms with E-state index in [2.05, 4.69) is 10.1 Å². The average molecular weight is 431 g/mol. The number of carbonyl (C=O) groups is 1. The van der Waals surface area contributed by atoms with Crippen LogP contribution in [0, 0.1) is 0 Å². The Morgan fingerprint density at radius 2 is 2.00 bits per heavy atom. The van der Waals surface area contributed by atoms with E-state index in [1.54, 1.807) is 19.2 Å². The van der Waals surface area contributed by atoms with Crippen LogP contribution in [0.3, 0.4) is 0 Å². The van der Waals surface area contributed by atoms with Gasteiger partial charge in [-0.25, -0.2) is 9.99 Å². The Hall–Kier alpha value is -2.84. The topological polar surface area (TPSA) is 90.0 Å². The molecule has 0 radical (unpaired) electrons. The molecule has 2 heterocycles. The fraction of sp³-hybridized carbons (Fsp3) is 0.250. The summed E-state index contributed by atoms with van der Waals surface area (Å²) in [6, 6.07) is 9.27. The van der Waals surface area contributed by atoms with E-state index in [0.717, 1.165) is 21.5 Å². The number of halogens is 1. The van der Waals surface area contributed by atoms with Gasteiger partial charge < -0.3 is 15.2 Å². The van der Waals surface area contributed by atoms with Gasteiger partial charge in [0.2, 0.25) is 5.91 Å². The van der Waals surface area contributed by atoms with E-state index in [-0.39, 0.29) is 12.3 Å². The Balaban J connectivity index is 1.53. The number of amides is 1. The molecular weight excluding hydrogens is 412 g/mol. The van der Waals surface area contributed by atoms with Gasteiger partial charge in [-0.2, -0.15) is 5.10 Å². The molecule has 3 aromatic rings. The molecule has 1 aromatic heterocycles. The van der Waals surface area contributed by atoms with Crippen LogP contribution in [0.15, 0.2) is 35.4 Å². The zero-order valence-electron chi connectivity index (χ0n) is 15.9. The van der Waals surface area contributed by atoms with Crippen molar-refractivity contribution in [3.8, 4) is 11.5 Å². The first-order valence-corrected chi connectivity index (χ1v) is 10.1. The summed E-state index contributed by atoms with van der Waals surface area (Å²) in [5.74, 6) is 0.925. The number of nitrogen functional groups attached to an aromatic ring is 1. The highest BCUT2D eigenvalue weighted by atomic mass is 35.5. The van der Waals surface area contributed by atoms with Crippen molar-refractivity contribution < 1.29 is 14.3 Å². The summed E-state index contributed by atoms with van der Waals surface area (Å²) in [5.41, 5.74) is 9.15. The quantitative estimate of drug-likeness (QED) is 0.666. The molecule has 0 saturated carbocycles. The van der Waals surface area contributed by atoms with Crippen LogP contribution in [0.2, 0.25) is 5.02 Å². The number of ether oxygens (including phenoxy) is 2. The van der Waals surface area contributed by atoms with Gasteiger partial charge in [0.15, 0.2) is 16.6 Å². The first-order valence-electron chi connectivity index (χ1n) is 8.93. The largest absolute Gasteiger partial charge is 0.493 e. The summed E-state index contributed by atoms with van der Waals surface area (Å²) in [7, 11) is 3.08. The highest BCUT2D eigenvalue weighted by Crippen LogP contribution is 2.33. The minimum atomic E-state index is -0.128. The molecule has 2 aromatic carbocycles. The van der Waals surface area contributed by atoms with Crippen LogP contribution in [0.4, 0.5) is 5.13 Å². The van der Waals surface area contributed by atoms with Crippen LogP contribution in [-0.4, -0.2) is 42.4 Å². The monoisotopic (exact) mass is 430 g/mol. The Labute approximate surface area is 176 Å². The summed E-state index contributed by atoms with van der Waals surface area (Å²) < 4.78 is 11.5. The predicted octanol–water partition coefficient (Wildman–Crippen LogP) is 3.73. The van der Waals surface area contributed by atoms with E-state index >= 15 is 0 Å². The van der Waals surface area contributed by atoms with Crippen molar-refractivity contribution in [3.63, 3.8) is 0 Å². The minimum Gasteiger partial charge on any atom is -0.493 e. The van der Waals surface area contributed by atoms with Crippen LogP contribution >= 0.6 is 22.9 Å². The molecule has 4 rings (SSSR count). The van der Waals surface area contributed by atoms with Gasteiger partial charge in [0.1, 0.15) is 0 Å². The highest BCUT2D eigenvalue weighted by molar-refractivity contribution is 7.22. The van der Waals surface area contributed by atoms with E-state index in [1.165, 1.54) is 23.5 Å². The lowest BCUT2D eigenvalue weighted by Crippen LogP contribution is -2.25. The van der Waals surface area contributed by atoms with E-state index in [9.17, 15) is 4.79 Å². The number of hydrogen-bond acceptors (Lipinski definition) is 7. The molecule has 0 bridgehead atoms. The SMILES string of the molecule is COc1cc(Cl)c(CC(=O)N2CCC(c3ccc4nc(N)sc4c3)=N2)cc1OC. The molecule has 1 aliphatic rings. The second-order valence-electron chi connectivity index (χ2n) is 6.52. The number of methoxy groups -OCH3 is 2. The standard InChI is InChI=1S/C20H19ClN4O3S/c1-27-16-7-12(13(21)10-17(16)28-2)9-19(26)25-6-5-14(24-25)11-3-4-15-18(8-11)29-20(22)23-15/h3-4,7-8,10H,5-6,9H2,1-2H3,(H2,22,23). The first-order chi connectivity index (χ1) is 14.0. The number of carbonyl (C=O) groups excluding carboxylic acids is 1. The molecule has 29 heavy (non-hydrogen) atoms. The van der Waals surface area contributed by atoms with Crippen molar-refractivity contribution >= 4 is 49.9 Å². The van der Waals surface area contributed by atoms with E-state index in [1.807, 2.05) is 18.2 Å². The molecule has 7 nitrogen and oxygen atoms in total. The molecule has 0 fully saturated rings. The van der Waals surface area contributed by atoms with Crippen molar-refractivity contribution in [3.05, 3.63) is 46.5 Å². The molecule has 150 valence electrons. The van der Waals surface area contributed by atoms with Crippen molar-refractivity contribution in [1.82, 2.24) is 9.99 Å². The maximum absolute atomic E-state index is 12.8. The molecular formula is C20H19ClN4O3S. The first kappa shape index (κ1) is 19.5. The highest BCUT2D eigenvalue weighted by Gasteiger charge is 2.23. The van der Waals surface area contributed by atoms with Gasteiger partial charge in [0, 0.05) is 17.5 Å². The van der Waals surface area contributed by atoms with Crippen molar-refractivity contribution in [2.75, 3.05) is 26.5 Å². The number of hydrazone groups is 1. The number of benzene rings is 2. The minimum absolute atomic E-state index is 0.125. The number of hydrogen-bond donors (Lipinski definition) is 1. The molecule has 2 N–H and O–H groups in total. The van der Waals surface area contributed by atoms with Gasteiger partial charge in [0.05, 0.1) is 43.1 Å². The third-order valence-corrected chi connectivity index (χ3v) is 5.92. The van der Waals surface area contributed by atoms with E-state index in [0.29, 0.717) is 40.2 Å². The molecule has 1 aliphatic heterocycles. The number of nitrogens with two attached hydrogens (primary N) is 1. The Bertz CT molecular complexity index is 1130. The molecule has 0 unspecified atom stereocenters. The second-order valence-corrected chi connectivity index (χ2v) is 7.99. The maximum atomic E-state index is 12.8. The summed E-state index contributed by atoms with van der Waals surface area (Å²) in [4.78, 5) is 17.0. The summed E-state index contributed by atoms with van der Waals surface area (Å²) in [5, 5.41) is 7.01. The molecule has 9 heteroatoms. The zero-order valence-corrected chi connectivity index (χ0v) is 17.5. The van der Waals surface area contributed by atoms with E-state index in [4.69, 9.17) is 26.8 Å². The van der Waals surface area contributed by atoms with Gasteiger partial charge in [-0.15, -0.1) is 0 Å². The maximum Gasteiger partial charge on any atom is 0.247 e. The third-order valence-electron chi connectivity index (χ3n) is 4.72. The Morgan fingerprint density at radius 3 is 2.76 bits per heavy atom. The molecule has 0 spiro atoms. The number of rotatable bonds is 5. The molecule has 0 aliphatic carbocycles. The number of thiazole rings is 1. The third kappa shape index (κ3) is 3.86. The van der Waals surface area contributed by atoms with Gasteiger partial charge >= 0.3 is 0 Å². The van der Waals surface area contributed by atoms with E-state index < -0.39 is 0 Å². The average Bonchev–Trinajstić information content (AvgIpc) is 3.34. The summed E-state index contributed by atoms with van der Waals surface area (Å²) in [6.45, 7) is 0.530. The lowest BCUT2D eigenvalue weighted by Gasteiger charge is -2.14. The van der Waals surface area contributed by atoms with Gasteiger partial charge in [-0.3, -0.25) is 4.79 Å². The summed E-state index contributed by atoms with van der Waals surface area (Å²) in [6.07, 6.45) is 0.811. The van der Waals surface area contributed by atoms with Gasteiger partial charge in [-0.1, -0.05) is 29.0 Å². The van der Waals surface area contributed by atoms with Crippen LogP contribution in [-0.2, 0) is 11.2 Å². The summed E-state index contributed by atoms with van der Waals surface area (Å²) >= 11 is 7.75. The fourth-order valence-corrected chi connectivity index (χ4v) is 4.24. The smallest absolute Gasteiger partial charge is 0.247 e. The molecule has 0 saturated heterocycles. The zero-order chi connectivity index (χ0) is 20.5. The normalized spacial score (nSPS) is 13.6.